The first-order chi connectivity index (χ1) is 8.15. The highest BCUT2D eigenvalue weighted by Crippen LogP contribution is 2.16. The van der Waals surface area contributed by atoms with E-state index in [2.05, 4.69) is 21.2 Å². The molecule has 0 heterocycles. The number of carbonyl (C=O) groups excluding carboxylic acids is 2. The molecular weight excluding hydrogens is 290 g/mol. The fraction of sp³-hybridized carbons (Fsp3) is 0.273. The first-order valence-electron chi connectivity index (χ1n) is 4.87. The molecule has 0 aliphatic rings. The standard InChI is InChI=1S/C11H12BrNO4/c1-16-8-2-4-9(5-3-8)17-11(15)13-10(14)6-7-12/h2-5H,6-7H2,1H3,(H,13,14,15). The third kappa shape index (κ3) is 4.86. The Kier molecular flexibility index (Phi) is 5.48. The van der Waals surface area contributed by atoms with Crippen molar-refractivity contribution in [2.75, 3.05) is 12.4 Å². The molecule has 1 rings (SSSR count). The first-order valence-corrected chi connectivity index (χ1v) is 5.99. The van der Waals surface area contributed by atoms with Crippen LogP contribution in [0.2, 0.25) is 0 Å². The van der Waals surface area contributed by atoms with Gasteiger partial charge in [-0.1, -0.05) is 15.9 Å². The van der Waals surface area contributed by atoms with Crippen LogP contribution in [0, 0.1) is 0 Å². The summed E-state index contributed by atoms with van der Waals surface area (Å²) in [6, 6.07) is 6.46. The smallest absolute Gasteiger partial charge is 0.419 e. The third-order valence-electron chi connectivity index (χ3n) is 1.83. The Bertz CT molecular complexity index is 391. The van der Waals surface area contributed by atoms with Crippen LogP contribution in [0.1, 0.15) is 6.42 Å². The maximum Gasteiger partial charge on any atom is 0.419 e. The fourth-order valence-electron chi connectivity index (χ4n) is 1.04. The molecule has 2 amide bonds. The van der Waals surface area contributed by atoms with Crippen LogP contribution in [-0.2, 0) is 4.79 Å². The molecule has 0 aliphatic heterocycles. The van der Waals surface area contributed by atoms with Crippen molar-refractivity contribution in [3.8, 4) is 11.5 Å². The Morgan fingerprint density at radius 3 is 2.35 bits per heavy atom. The Balaban J connectivity index is 2.47. The number of rotatable bonds is 4. The summed E-state index contributed by atoms with van der Waals surface area (Å²) < 4.78 is 9.84. The monoisotopic (exact) mass is 301 g/mol. The van der Waals surface area contributed by atoms with Gasteiger partial charge in [-0.3, -0.25) is 10.1 Å². The van der Waals surface area contributed by atoms with Crippen LogP contribution in [0.4, 0.5) is 4.79 Å². The van der Waals surface area contributed by atoms with E-state index in [1.165, 1.54) is 0 Å². The molecular formula is C11H12BrNO4. The lowest BCUT2D eigenvalue weighted by molar-refractivity contribution is -0.119. The molecule has 1 N–H and O–H groups in total. The van der Waals surface area contributed by atoms with E-state index in [1.54, 1.807) is 31.4 Å². The van der Waals surface area contributed by atoms with E-state index in [1.807, 2.05) is 0 Å². The van der Waals surface area contributed by atoms with Gasteiger partial charge in [0.25, 0.3) is 0 Å². The summed E-state index contributed by atoms with van der Waals surface area (Å²) in [7, 11) is 1.54. The van der Waals surface area contributed by atoms with Crippen molar-refractivity contribution in [1.29, 1.82) is 0 Å². The summed E-state index contributed by atoms with van der Waals surface area (Å²) in [4.78, 5) is 22.3. The van der Waals surface area contributed by atoms with E-state index in [0.717, 1.165) is 0 Å². The second-order valence-corrected chi connectivity index (χ2v) is 3.85. The Hall–Kier alpha value is -1.56. The molecule has 0 atom stereocenters. The summed E-state index contributed by atoms with van der Waals surface area (Å²) in [6.45, 7) is 0. The van der Waals surface area contributed by atoms with Crippen LogP contribution in [0.25, 0.3) is 0 Å². The Labute approximate surface area is 107 Å². The van der Waals surface area contributed by atoms with Gasteiger partial charge in [-0.05, 0) is 24.3 Å². The molecule has 0 unspecified atom stereocenters. The molecule has 5 nitrogen and oxygen atoms in total. The maximum absolute atomic E-state index is 11.3. The van der Waals surface area contributed by atoms with Gasteiger partial charge >= 0.3 is 6.09 Å². The molecule has 0 fully saturated rings. The molecule has 1 aromatic carbocycles. The minimum absolute atomic E-state index is 0.220. The van der Waals surface area contributed by atoms with Crippen LogP contribution in [0.5, 0.6) is 11.5 Å². The molecule has 0 aliphatic carbocycles. The molecule has 0 bridgehead atoms. The molecule has 17 heavy (non-hydrogen) atoms. The van der Waals surface area contributed by atoms with Crippen LogP contribution in [-0.4, -0.2) is 24.4 Å². The molecule has 6 heteroatoms. The molecule has 0 aromatic heterocycles. The number of imide groups is 1. The topological polar surface area (TPSA) is 64.6 Å². The number of nitrogens with one attached hydrogen (secondary N) is 1. The van der Waals surface area contributed by atoms with Gasteiger partial charge in [0.05, 0.1) is 7.11 Å². The van der Waals surface area contributed by atoms with Gasteiger partial charge in [-0.25, -0.2) is 4.79 Å². The summed E-state index contributed by atoms with van der Waals surface area (Å²) in [6.07, 6.45) is -0.571. The van der Waals surface area contributed by atoms with Gasteiger partial charge in [0.2, 0.25) is 5.91 Å². The quantitative estimate of drug-likeness (QED) is 0.865. The predicted octanol–water partition coefficient (Wildman–Crippen LogP) is 2.10. The van der Waals surface area contributed by atoms with Crippen molar-refractivity contribution in [1.82, 2.24) is 5.32 Å². The zero-order chi connectivity index (χ0) is 12.7. The lowest BCUT2D eigenvalue weighted by atomic mass is 10.3. The van der Waals surface area contributed by atoms with Gasteiger partial charge in [-0.15, -0.1) is 0 Å². The van der Waals surface area contributed by atoms with Gasteiger partial charge in [0, 0.05) is 11.8 Å². The van der Waals surface area contributed by atoms with Crippen molar-refractivity contribution in [3.63, 3.8) is 0 Å². The Morgan fingerprint density at radius 1 is 1.24 bits per heavy atom. The van der Waals surface area contributed by atoms with Gasteiger partial charge < -0.3 is 9.47 Å². The van der Waals surface area contributed by atoms with E-state index in [0.29, 0.717) is 16.8 Å². The number of amides is 2. The van der Waals surface area contributed by atoms with Crippen LogP contribution < -0.4 is 14.8 Å². The third-order valence-corrected chi connectivity index (χ3v) is 2.23. The average Bonchev–Trinajstić information content (AvgIpc) is 2.30. The highest BCUT2D eigenvalue weighted by molar-refractivity contribution is 9.09. The lowest BCUT2D eigenvalue weighted by Crippen LogP contribution is -2.32. The Morgan fingerprint density at radius 2 is 1.82 bits per heavy atom. The van der Waals surface area contributed by atoms with Gasteiger partial charge in [0.15, 0.2) is 0 Å². The fourth-order valence-corrected chi connectivity index (χ4v) is 1.40. The predicted molar refractivity (Wildman–Crippen MR) is 65.6 cm³/mol. The zero-order valence-electron chi connectivity index (χ0n) is 9.23. The van der Waals surface area contributed by atoms with Crippen molar-refractivity contribution < 1.29 is 19.1 Å². The van der Waals surface area contributed by atoms with Gasteiger partial charge in [-0.2, -0.15) is 0 Å². The second-order valence-electron chi connectivity index (χ2n) is 3.05. The molecule has 0 spiro atoms. The number of carbonyl (C=O) groups is 2. The van der Waals surface area contributed by atoms with Crippen molar-refractivity contribution in [2.24, 2.45) is 0 Å². The number of alkyl halides is 1. The maximum atomic E-state index is 11.3. The van der Waals surface area contributed by atoms with Crippen molar-refractivity contribution >= 4 is 27.9 Å². The largest absolute Gasteiger partial charge is 0.497 e. The molecule has 0 saturated carbocycles. The second kappa shape index (κ2) is 6.90. The van der Waals surface area contributed by atoms with E-state index >= 15 is 0 Å². The number of hydrogen-bond donors (Lipinski definition) is 1. The van der Waals surface area contributed by atoms with E-state index < -0.39 is 6.09 Å². The highest BCUT2D eigenvalue weighted by atomic mass is 79.9. The van der Waals surface area contributed by atoms with Crippen LogP contribution >= 0.6 is 15.9 Å². The molecule has 92 valence electrons. The van der Waals surface area contributed by atoms with E-state index in [4.69, 9.17) is 9.47 Å². The first kappa shape index (κ1) is 13.5. The lowest BCUT2D eigenvalue weighted by Gasteiger charge is -2.05. The van der Waals surface area contributed by atoms with Crippen molar-refractivity contribution in [2.45, 2.75) is 6.42 Å². The number of methoxy groups -OCH3 is 1. The molecule has 1 aromatic rings. The summed E-state index contributed by atoms with van der Waals surface area (Å²) in [5.74, 6) is 0.614. The molecule has 0 radical (unpaired) electrons. The normalized spacial score (nSPS) is 9.53. The minimum atomic E-state index is -0.791. The summed E-state index contributed by atoms with van der Waals surface area (Å²) >= 11 is 3.10. The summed E-state index contributed by atoms with van der Waals surface area (Å²) in [5.41, 5.74) is 0. The summed E-state index contributed by atoms with van der Waals surface area (Å²) in [5, 5.41) is 2.59. The number of hydrogen-bond acceptors (Lipinski definition) is 4. The minimum Gasteiger partial charge on any atom is -0.497 e. The SMILES string of the molecule is COc1ccc(OC(=O)NC(=O)CCBr)cc1. The average molecular weight is 302 g/mol. The zero-order valence-corrected chi connectivity index (χ0v) is 10.8. The number of halogens is 1. The van der Waals surface area contributed by atoms with E-state index in [9.17, 15) is 9.59 Å². The number of ether oxygens (including phenoxy) is 2. The molecule has 0 saturated heterocycles. The van der Waals surface area contributed by atoms with Crippen LogP contribution in [0.15, 0.2) is 24.3 Å². The highest BCUT2D eigenvalue weighted by Gasteiger charge is 2.08. The number of benzene rings is 1. The van der Waals surface area contributed by atoms with Gasteiger partial charge in [0.1, 0.15) is 11.5 Å². The van der Waals surface area contributed by atoms with E-state index in [-0.39, 0.29) is 12.3 Å². The van der Waals surface area contributed by atoms with Crippen molar-refractivity contribution in [3.05, 3.63) is 24.3 Å². The van der Waals surface area contributed by atoms with Crippen LogP contribution in [0.3, 0.4) is 0 Å².